The minimum Gasteiger partial charge on any atom is -0.164 e. The SMILES string of the molecule is Cc1c(-[n+]2ccccc2C)cc2ccccc2c1-[n+]1ccccc1C. The molecular weight excluding hydrogens is 304 g/mol. The van der Waals surface area contributed by atoms with Crippen molar-refractivity contribution in [2.75, 3.05) is 0 Å². The van der Waals surface area contributed by atoms with Crippen LogP contribution >= 0.6 is 0 Å². The first-order valence-corrected chi connectivity index (χ1v) is 8.64. The minimum atomic E-state index is 1.22. The topological polar surface area (TPSA) is 7.76 Å². The molecule has 0 radical (unpaired) electrons. The fraction of sp³-hybridized carbons (Fsp3) is 0.130. The van der Waals surface area contributed by atoms with Gasteiger partial charge in [0, 0.05) is 44.2 Å². The van der Waals surface area contributed by atoms with Crippen LogP contribution in [0.2, 0.25) is 0 Å². The van der Waals surface area contributed by atoms with E-state index in [-0.39, 0.29) is 0 Å². The van der Waals surface area contributed by atoms with E-state index in [1.165, 1.54) is 39.1 Å². The molecule has 0 saturated heterocycles. The zero-order valence-electron chi connectivity index (χ0n) is 14.9. The molecule has 0 amide bonds. The van der Waals surface area contributed by atoms with Crippen LogP contribution in [0.5, 0.6) is 0 Å². The predicted molar refractivity (Wildman–Crippen MR) is 101 cm³/mol. The van der Waals surface area contributed by atoms with Crippen molar-refractivity contribution in [1.29, 1.82) is 0 Å². The highest BCUT2D eigenvalue weighted by Gasteiger charge is 2.25. The summed E-state index contributed by atoms with van der Waals surface area (Å²) in [5.74, 6) is 0. The molecule has 2 nitrogen and oxygen atoms in total. The monoisotopic (exact) mass is 326 g/mol. The van der Waals surface area contributed by atoms with E-state index in [0.29, 0.717) is 0 Å². The summed E-state index contributed by atoms with van der Waals surface area (Å²) in [6.45, 7) is 6.52. The van der Waals surface area contributed by atoms with Gasteiger partial charge in [0.25, 0.3) is 0 Å². The van der Waals surface area contributed by atoms with E-state index in [0.717, 1.165) is 0 Å². The van der Waals surface area contributed by atoms with Crippen molar-refractivity contribution < 1.29 is 9.13 Å². The summed E-state index contributed by atoms with van der Waals surface area (Å²) in [5, 5.41) is 2.53. The van der Waals surface area contributed by atoms with E-state index < -0.39 is 0 Å². The van der Waals surface area contributed by atoms with Crippen LogP contribution < -0.4 is 9.13 Å². The number of aromatic nitrogens is 2. The van der Waals surface area contributed by atoms with Gasteiger partial charge in [-0.05, 0) is 18.4 Å². The molecule has 2 aromatic carbocycles. The van der Waals surface area contributed by atoms with Crippen LogP contribution in [-0.4, -0.2) is 0 Å². The maximum atomic E-state index is 2.29. The van der Waals surface area contributed by atoms with Gasteiger partial charge in [-0.15, -0.1) is 0 Å². The molecule has 0 atom stereocenters. The van der Waals surface area contributed by atoms with Crippen LogP contribution in [0, 0.1) is 20.8 Å². The second-order valence-electron chi connectivity index (χ2n) is 6.51. The number of fused-ring (bicyclic) bond motifs is 1. The molecule has 0 N–H and O–H groups in total. The summed E-state index contributed by atoms with van der Waals surface area (Å²) in [6.07, 6.45) is 4.29. The van der Waals surface area contributed by atoms with E-state index in [1.54, 1.807) is 0 Å². The Kier molecular flexibility index (Phi) is 3.81. The maximum Gasteiger partial charge on any atom is 0.228 e. The molecule has 0 bridgehead atoms. The van der Waals surface area contributed by atoms with E-state index in [4.69, 9.17) is 0 Å². The van der Waals surface area contributed by atoms with Crippen LogP contribution in [0.4, 0.5) is 0 Å². The Bertz CT molecular complexity index is 1080. The zero-order chi connectivity index (χ0) is 17.4. The zero-order valence-corrected chi connectivity index (χ0v) is 14.9. The van der Waals surface area contributed by atoms with E-state index in [1.807, 2.05) is 0 Å². The van der Waals surface area contributed by atoms with E-state index in [9.17, 15) is 0 Å². The molecule has 0 unspecified atom stereocenters. The largest absolute Gasteiger partial charge is 0.228 e. The quantitative estimate of drug-likeness (QED) is 0.485. The highest BCUT2D eigenvalue weighted by atomic mass is 15.0. The molecule has 0 saturated carbocycles. The molecule has 2 aromatic heterocycles. The van der Waals surface area contributed by atoms with Gasteiger partial charge in [0.2, 0.25) is 11.4 Å². The second-order valence-corrected chi connectivity index (χ2v) is 6.51. The molecule has 0 aliphatic carbocycles. The third kappa shape index (κ3) is 2.60. The van der Waals surface area contributed by atoms with Gasteiger partial charge < -0.3 is 0 Å². The fourth-order valence-electron chi connectivity index (χ4n) is 3.56. The maximum absolute atomic E-state index is 2.29. The number of benzene rings is 2. The summed E-state index contributed by atoms with van der Waals surface area (Å²) in [6, 6.07) is 23.6. The Hall–Kier alpha value is -3.00. The molecule has 0 aliphatic rings. The first kappa shape index (κ1) is 15.5. The van der Waals surface area contributed by atoms with Crippen molar-refractivity contribution in [3.05, 3.63) is 96.1 Å². The van der Waals surface area contributed by atoms with Crippen LogP contribution in [0.3, 0.4) is 0 Å². The summed E-state index contributed by atoms with van der Waals surface area (Å²) < 4.78 is 4.56. The van der Waals surface area contributed by atoms with Gasteiger partial charge in [0.15, 0.2) is 23.8 Å². The molecule has 2 heteroatoms. The molecule has 0 aliphatic heterocycles. The first-order valence-electron chi connectivity index (χ1n) is 8.64. The number of aryl methyl sites for hydroxylation is 2. The van der Waals surface area contributed by atoms with E-state index in [2.05, 4.69) is 109 Å². The lowest BCUT2D eigenvalue weighted by atomic mass is 10.0. The van der Waals surface area contributed by atoms with Gasteiger partial charge in [-0.3, -0.25) is 0 Å². The Labute approximate surface area is 148 Å². The Morgan fingerprint density at radius 2 is 1.24 bits per heavy atom. The smallest absolute Gasteiger partial charge is 0.164 e. The average Bonchev–Trinajstić information content (AvgIpc) is 2.63. The lowest BCUT2D eigenvalue weighted by Gasteiger charge is -2.10. The van der Waals surface area contributed by atoms with Crippen LogP contribution in [-0.2, 0) is 0 Å². The number of hydrogen-bond donors (Lipinski definition) is 0. The van der Waals surface area contributed by atoms with Gasteiger partial charge in [0.05, 0.1) is 10.9 Å². The van der Waals surface area contributed by atoms with Gasteiger partial charge in [-0.25, -0.2) is 0 Å². The first-order chi connectivity index (χ1) is 12.2. The van der Waals surface area contributed by atoms with Crippen molar-refractivity contribution >= 4 is 10.8 Å². The van der Waals surface area contributed by atoms with Crippen molar-refractivity contribution in [3.63, 3.8) is 0 Å². The van der Waals surface area contributed by atoms with Crippen molar-refractivity contribution in [3.8, 4) is 11.4 Å². The average molecular weight is 326 g/mol. The normalized spacial score (nSPS) is 11.0. The van der Waals surface area contributed by atoms with Crippen LogP contribution in [0.15, 0.2) is 79.1 Å². The highest BCUT2D eigenvalue weighted by molar-refractivity contribution is 5.91. The standard InChI is InChI=1S/C23H22N2/c1-17-10-6-8-14-24(17)22-16-20-12-4-5-13-21(20)23(19(22)3)25-15-9-7-11-18(25)2/h4-16H,1-3H3/q+2. The van der Waals surface area contributed by atoms with Gasteiger partial charge in [-0.2, -0.15) is 9.13 Å². The van der Waals surface area contributed by atoms with Crippen molar-refractivity contribution in [1.82, 2.24) is 0 Å². The van der Waals surface area contributed by atoms with Gasteiger partial charge in [0.1, 0.15) is 0 Å². The van der Waals surface area contributed by atoms with Crippen molar-refractivity contribution in [2.45, 2.75) is 20.8 Å². The summed E-state index contributed by atoms with van der Waals surface area (Å²) in [4.78, 5) is 0. The number of pyridine rings is 2. The third-order valence-electron chi connectivity index (χ3n) is 4.88. The Morgan fingerprint density at radius 3 is 1.92 bits per heavy atom. The number of hydrogen-bond acceptors (Lipinski definition) is 0. The second kappa shape index (κ2) is 6.14. The van der Waals surface area contributed by atoms with Crippen LogP contribution in [0.1, 0.15) is 17.0 Å². The molecule has 4 aromatic rings. The molecular formula is C23H22N2+2. The predicted octanol–water partition coefficient (Wildman–Crippen LogP) is 4.32. The number of nitrogens with zero attached hydrogens (tertiary/aromatic N) is 2. The van der Waals surface area contributed by atoms with Gasteiger partial charge in [-0.1, -0.05) is 30.3 Å². The molecule has 0 spiro atoms. The summed E-state index contributed by atoms with van der Waals surface area (Å²) in [7, 11) is 0. The molecule has 4 rings (SSSR count). The lowest BCUT2D eigenvalue weighted by molar-refractivity contribution is -0.610. The van der Waals surface area contributed by atoms with Crippen LogP contribution in [0.25, 0.3) is 22.1 Å². The summed E-state index contributed by atoms with van der Waals surface area (Å²) in [5.41, 5.74) is 6.20. The molecule has 2 heterocycles. The number of rotatable bonds is 2. The molecule has 122 valence electrons. The fourth-order valence-corrected chi connectivity index (χ4v) is 3.56. The molecule has 0 fully saturated rings. The Morgan fingerprint density at radius 1 is 0.640 bits per heavy atom. The highest BCUT2D eigenvalue weighted by Crippen LogP contribution is 2.26. The summed E-state index contributed by atoms with van der Waals surface area (Å²) >= 11 is 0. The van der Waals surface area contributed by atoms with Gasteiger partial charge >= 0.3 is 0 Å². The Balaban J connectivity index is 2.13. The van der Waals surface area contributed by atoms with Crippen molar-refractivity contribution in [2.24, 2.45) is 0 Å². The lowest BCUT2D eigenvalue weighted by Crippen LogP contribution is -2.39. The minimum absolute atomic E-state index is 1.22. The third-order valence-corrected chi connectivity index (χ3v) is 4.88. The molecule has 25 heavy (non-hydrogen) atoms. The van der Waals surface area contributed by atoms with E-state index >= 15 is 0 Å².